The van der Waals surface area contributed by atoms with E-state index < -0.39 is 0 Å². The van der Waals surface area contributed by atoms with Crippen molar-refractivity contribution in [3.63, 3.8) is 0 Å². The van der Waals surface area contributed by atoms with Crippen molar-refractivity contribution in [3.05, 3.63) is 56.3 Å². The molecule has 0 nitrogen and oxygen atoms in total. The number of rotatable bonds is 0. The molecule has 3 aromatic rings. The zero-order valence-corrected chi connectivity index (χ0v) is 13.2. The SMILES string of the molecule is Cc1c2c(c(C)c3c1-c1sccc1C3)-c1sccc1C2. The largest absolute Gasteiger partial charge is 0.144 e. The lowest BCUT2D eigenvalue weighted by atomic mass is 9.90. The van der Waals surface area contributed by atoms with Gasteiger partial charge in [-0.2, -0.15) is 0 Å². The minimum Gasteiger partial charge on any atom is -0.144 e. The Kier molecular flexibility index (Phi) is 2.05. The quantitative estimate of drug-likeness (QED) is 0.350. The molecule has 0 aliphatic heterocycles. The molecule has 0 saturated carbocycles. The van der Waals surface area contributed by atoms with Crippen molar-refractivity contribution in [1.29, 1.82) is 0 Å². The second-order valence-corrected chi connectivity index (χ2v) is 7.69. The Labute approximate surface area is 126 Å². The van der Waals surface area contributed by atoms with Gasteiger partial charge in [0.1, 0.15) is 0 Å². The molecular formula is C18H14S2. The average Bonchev–Trinajstić information content (AvgIpc) is 3.13. The molecule has 2 heterocycles. The van der Waals surface area contributed by atoms with Crippen LogP contribution in [-0.2, 0) is 12.8 Å². The third kappa shape index (κ3) is 1.18. The minimum atomic E-state index is 1.13. The smallest absolute Gasteiger partial charge is 0.0383 e. The minimum absolute atomic E-state index is 1.13. The van der Waals surface area contributed by atoms with E-state index in [0.717, 1.165) is 12.8 Å². The molecule has 0 N–H and O–H groups in total. The van der Waals surface area contributed by atoms with Gasteiger partial charge in [-0.05, 0) is 94.1 Å². The molecule has 2 aliphatic carbocycles. The van der Waals surface area contributed by atoms with Gasteiger partial charge in [-0.1, -0.05) is 0 Å². The van der Waals surface area contributed by atoms with Gasteiger partial charge in [-0.3, -0.25) is 0 Å². The van der Waals surface area contributed by atoms with Crippen molar-refractivity contribution in [3.8, 4) is 20.9 Å². The number of fused-ring (bicyclic) bond motifs is 6. The molecule has 0 atom stereocenters. The standard InChI is InChI=1S/C18H14S2/c1-9-13-7-11-3-6-20-18(11)16(13)10(2)14-8-12-4-5-19-17(12)15(9)14/h3-6H,7-8H2,1-2H3. The molecule has 0 unspecified atom stereocenters. The van der Waals surface area contributed by atoms with E-state index in [0.29, 0.717) is 0 Å². The van der Waals surface area contributed by atoms with Gasteiger partial charge < -0.3 is 0 Å². The maximum Gasteiger partial charge on any atom is 0.0383 e. The Morgan fingerprint density at radius 2 is 1.20 bits per heavy atom. The van der Waals surface area contributed by atoms with Crippen LogP contribution in [0.3, 0.4) is 0 Å². The van der Waals surface area contributed by atoms with E-state index in [9.17, 15) is 0 Å². The summed E-state index contributed by atoms with van der Waals surface area (Å²) in [6.45, 7) is 4.67. The first-order chi connectivity index (χ1) is 9.75. The van der Waals surface area contributed by atoms with Gasteiger partial charge in [0, 0.05) is 9.75 Å². The highest BCUT2D eigenvalue weighted by molar-refractivity contribution is 7.14. The number of hydrogen-bond donors (Lipinski definition) is 0. The van der Waals surface area contributed by atoms with E-state index in [1.165, 1.54) is 32.0 Å². The van der Waals surface area contributed by atoms with E-state index >= 15 is 0 Å². The number of hydrogen-bond acceptors (Lipinski definition) is 2. The van der Waals surface area contributed by atoms with Crippen molar-refractivity contribution in [2.45, 2.75) is 26.7 Å². The topological polar surface area (TPSA) is 0 Å². The molecule has 2 heteroatoms. The van der Waals surface area contributed by atoms with Gasteiger partial charge in [-0.25, -0.2) is 0 Å². The van der Waals surface area contributed by atoms with Crippen LogP contribution in [0.15, 0.2) is 22.9 Å². The van der Waals surface area contributed by atoms with Gasteiger partial charge >= 0.3 is 0 Å². The first-order valence-electron chi connectivity index (χ1n) is 7.04. The predicted octanol–water partition coefficient (Wildman–Crippen LogP) is 5.57. The highest BCUT2D eigenvalue weighted by Gasteiger charge is 2.31. The zero-order chi connectivity index (χ0) is 13.4. The van der Waals surface area contributed by atoms with Crippen LogP contribution in [0, 0.1) is 13.8 Å². The molecule has 2 aromatic heterocycles. The third-order valence-electron chi connectivity index (χ3n) is 4.94. The molecule has 2 aliphatic rings. The Hall–Kier alpha value is -1.38. The maximum atomic E-state index is 2.34. The lowest BCUT2D eigenvalue weighted by molar-refractivity contribution is 1.17. The van der Waals surface area contributed by atoms with Crippen molar-refractivity contribution < 1.29 is 0 Å². The Bertz CT molecular complexity index is 803. The third-order valence-corrected chi connectivity index (χ3v) is 6.89. The highest BCUT2D eigenvalue weighted by atomic mass is 32.1. The van der Waals surface area contributed by atoms with Gasteiger partial charge in [0.15, 0.2) is 0 Å². The molecule has 20 heavy (non-hydrogen) atoms. The molecule has 0 amide bonds. The lowest BCUT2D eigenvalue weighted by Crippen LogP contribution is -1.97. The summed E-state index contributed by atoms with van der Waals surface area (Å²) in [5.41, 5.74) is 12.4. The molecule has 0 fully saturated rings. The molecule has 0 spiro atoms. The molecule has 98 valence electrons. The Balaban J connectivity index is 1.90. The summed E-state index contributed by atoms with van der Waals surface area (Å²) in [6.07, 6.45) is 2.27. The summed E-state index contributed by atoms with van der Waals surface area (Å²) in [5, 5.41) is 4.48. The van der Waals surface area contributed by atoms with Crippen LogP contribution in [0.5, 0.6) is 0 Å². The highest BCUT2D eigenvalue weighted by Crippen LogP contribution is 2.52. The Morgan fingerprint density at radius 1 is 0.750 bits per heavy atom. The van der Waals surface area contributed by atoms with Crippen molar-refractivity contribution in [2.24, 2.45) is 0 Å². The van der Waals surface area contributed by atoms with E-state index in [-0.39, 0.29) is 0 Å². The van der Waals surface area contributed by atoms with Gasteiger partial charge in [-0.15, -0.1) is 22.7 Å². The first-order valence-corrected chi connectivity index (χ1v) is 8.80. The van der Waals surface area contributed by atoms with Crippen LogP contribution in [0.4, 0.5) is 0 Å². The van der Waals surface area contributed by atoms with Crippen LogP contribution in [0.25, 0.3) is 20.9 Å². The fraction of sp³-hybridized carbons (Fsp3) is 0.222. The summed E-state index contributed by atoms with van der Waals surface area (Å²) < 4.78 is 0. The molecule has 0 radical (unpaired) electrons. The summed E-state index contributed by atoms with van der Waals surface area (Å²) in [4.78, 5) is 3.05. The number of thiophene rings is 2. The molecule has 1 aromatic carbocycles. The lowest BCUT2D eigenvalue weighted by Gasteiger charge is -2.15. The van der Waals surface area contributed by atoms with Gasteiger partial charge in [0.25, 0.3) is 0 Å². The van der Waals surface area contributed by atoms with Gasteiger partial charge in [0.2, 0.25) is 0 Å². The van der Waals surface area contributed by atoms with E-state index in [1.54, 1.807) is 22.3 Å². The summed E-state index contributed by atoms with van der Waals surface area (Å²) in [7, 11) is 0. The molecular weight excluding hydrogens is 280 g/mol. The molecule has 0 saturated heterocycles. The maximum absolute atomic E-state index is 2.34. The second kappa shape index (κ2) is 3.63. The van der Waals surface area contributed by atoms with Crippen LogP contribution in [0.1, 0.15) is 33.4 Å². The second-order valence-electron chi connectivity index (χ2n) is 5.86. The molecule has 0 bridgehead atoms. The van der Waals surface area contributed by atoms with E-state index in [2.05, 4.69) is 36.7 Å². The van der Waals surface area contributed by atoms with Crippen molar-refractivity contribution >= 4 is 22.7 Å². The van der Waals surface area contributed by atoms with Crippen molar-refractivity contribution in [1.82, 2.24) is 0 Å². The predicted molar refractivity (Wildman–Crippen MR) is 88.2 cm³/mol. The van der Waals surface area contributed by atoms with Crippen molar-refractivity contribution in [2.75, 3.05) is 0 Å². The van der Waals surface area contributed by atoms with E-state index in [1.807, 2.05) is 22.7 Å². The number of benzene rings is 1. The summed E-state index contributed by atoms with van der Waals surface area (Å²) >= 11 is 3.82. The summed E-state index contributed by atoms with van der Waals surface area (Å²) in [6, 6.07) is 4.61. The average molecular weight is 294 g/mol. The van der Waals surface area contributed by atoms with Crippen LogP contribution < -0.4 is 0 Å². The zero-order valence-electron chi connectivity index (χ0n) is 11.5. The fourth-order valence-corrected chi connectivity index (χ4v) is 6.06. The van der Waals surface area contributed by atoms with E-state index in [4.69, 9.17) is 0 Å². The monoisotopic (exact) mass is 294 g/mol. The molecule has 5 rings (SSSR count). The summed E-state index contributed by atoms with van der Waals surface area (Å²) in [5.74, 6) is 0. The fourth-order valence-electron chi connectivity index (χ4n) is 3.96. The first kappa shape index (κ1) is 11.3. The van der Waals surface area contributed by atoms with Gasteiger partial charge in [0.05, 0.1) is 0 Å². The van der Waals surface area contributed by atoms with Crippen LogP contribution in [0.2, 0.25) is 0 Å². The normalized spacial score (nSPS) is 14.1. The van der Waals surface area contributed by atoms with Crippen LogP contribution >= 0.6 is 22.7 Å². The van der Waals surface area contributed by atoms with Crippen LogP contribution in [-0.4, -0.2) is 0 Å². The Morgan fingerprint density at radius 3 is 1.65 bits per heavy atom.